The van der Waals surface area contributed by atoms with E-state index in [9.17, 15) is 9.90 Å². The molecule has 1 aliphatic rings. The maximum atomic E-state index is 11.2. The number of pyridine rings is 1. The van der Waals surface area contributed by atoms with E-state index >= 15 is 0 Å². The van der Waals surface area contributed by atoms with Crippen molar-refractivity contribution in [3.05, 3.63) is 53.9 Å². The van der Waals surface area contributed by atoms with E-state index in [2.05, 4.69) is 10.1 Å². The number of nitrogens with two attached hydrogens (primary N) is 1. The van der Waals surface area contributed by atoms with Crippen molar-refractivity contribution in [3.63, 3.8) is 0 Å². The van der Waals surface area contributed by atoms with Gasteiger partial charge in [-0.25, -0.2) is 9.67 Å². The van der Waals surface area contributed by atoms with Crippen molar-refractivity contribution in [2.75, 3.05) is 6.61 Å². The molecule has 1 aromatic carbocycles. The van der Waals surface area contributed by atoms with Gasteiger partial charge in [0.2, 0.25) is 5.91 Å². The molecule has 1 amide bonds. The van der Waals surface area contributed by atoms with Gasteiger partial charge in [0.15, 0.2) is 5.65 Å². The molecule has 0 aliphatic heterocycles. The lowest BCUT2D eigenvalue weighted by atomic mass is 9.96. The molecule has 0 saturated heterocycles. The average Bonchev–Trinajstić information content (AvgIpc) is 3.03. The van der Waals surface area contributed by atoms with Gasteiger partial charge in [0.25, 0.3) is 0 Å². The van der Waals surface area contributed by atoms with Gasteiger partial charge in [0.1, 0.15) is 6.10 Å². The fourth-order valence-electron chi connectivity index (χ4n) is 2.94. The highest BCUT2D eigenvalue weighted by molar-refractivity contribution is 5.93. The molecule has 1 fully saturated rings. The number of aliphatic hydroxyl groups is 1. The smallest absolute Gasteiger partial charge is 0.248 e. The van der Waals surface area contributed by atoms with Crippen molar-refractivity contribution in [1.82, 2.24) is 14.8 Å². The number of ether oxygens (including phenoxy) is 1. The van der Waals surface area contributed by atoms with E-state index < -0.39 is 12.0 Å². The largest absolute Gasteiger partial charge is 0.386 e. The highest BCUT2D eigenvalue weighted by Crippen LogP contribution is 2.25. The molecule has 7 heteroatoms. The third-order valence-corrected chi connectivity index (χ3v) is 4.75. The maximum absolute atomic E-state index is 11.2. The molecule has 1 atom stereocenters. The lowest BCUT2D eigenvalue weighted by Crippen LogP contribution is -2.24. The lowest BCUT2D eigenvalue weighted by Gasteiger charge is -2.26. The van der Waals surface area contributed by atoms with Crippen LogP contribution in [0.5, 0.6) is 0 Å². The predicted molar refractivity (Wildman–Crippen MR) is 95.9 cm³/mol. The number of carbonyl (C=O) groups excluding carboxylic acids is 1. The van der Waals surface area contributed by atoms with Crippen molar-refractivity contribution in [1.29, 1.82) is 0 Å². The predicted octanol–water partition coefficient (Wildman–Crippen LogP) is 2.12. The molecule has 3 N–H and O–H groups in total. The molecule has 0 radical (unpaired) electrons. The first-order valence-electron chi connectivity index (χ1n) is 8.65. The minimum Gasteiger partial charge on any atom is -0.386 e. The van der Waals surface area contributed by atoms with Crippen LogP contribution in [0.4, 0.5) is 0 Å². The summed E-state index contributed by atoms with van der Waals surface area (Å²) in [4.78, 5) is 15.6. The third kappa shape index (κ3) is 3.18. The van der Waals surface area contributed by atoms with Gasteiger partial charge in [-0.1, -0.05) is 0 Å². The number of aliphatic hydroxyl groups excluding tert-OH is 1. The summed E-state index contributed by atoms with van der Waals surface area (Å²) < 4.78 is 7.36. The van der Waals surface area contributed by atoms with Crippen LogP contribution >= 0.6 is 0 Å². The molecule has 7 nitrogen and oxygen atoms in total. The van der Waals surface area contributed by atoms with Crippen LogP contribution in [0.2, 0.25) is 0 Å². The second kappa shape index (κ2) is 6.86. The average molecular weight is 352 g/mol. The van der Waals surface area contributed by atoms with Gasteiger partial charge in [-0.05, 0) is 49.6 Å². The Balaban J connectivity index is 1.55. The van der Waals surface area contributed by atoms with Crippen LogP contribution in [-0.2, 0) is 4.74 Å². The summed E-state index contributed by atoms with van der Waals surface area (Å²) in [5, 5.41) is 15.5. The Morgan fingerprint density at radius 2 is 2.08 bits per heavy atom. The van der Waals surface area contributed by atoms with Crippen LogP contribution in [0, 0.1) is 0 Å². The maximum Gasteiger partial charge on any atom is 0.248 e. The molecule has 0 bridgehead atoms. The highest BCUT2D eigenvalue weighted by Gasteiger charge is 2.20. The van der Waals surface area contributed by atoms with Crippen LogP contribution < -0.4 is 5.73 Å². The van der Waals surface area contributed by atoms with Gasteiger partial charge in [0, 0.05) is 22.7 Å². The summed E-state index contributed by atoms with van der Waals surface area (Å²) in [6, 6.07) is 8.72. The number of benzene rings is 1. The Bertz CT molecular complexity index is 932. The van der Waals surface area contributed by atoms with Gasteiger partial charge in [-0.15, -0.1) is 0 Å². The van der Waals surface area contributed by atoms with Crippen molar-refractivity contribution >= 4 is 16.9 Å². The number of rotatable bonds is 6. The Labute approximate surface area is 150 Å². The molecule has 1 saturated carbocycles. The fourth-order valence-corrected chi connectivity index (χ4v) is 2.94. The van der Waals surface area contributed by atoms with Gasteiger partial charge >= 0.3 is 0 Å². The summed E-state index contributed by atoms with van der Waals surface area (Å²) in [6.07, 6.45) is 6.28. The quantitative estimate of drug-likeness (QED) is 0.707. The minimum atomic E-state index is -0.703. The van der Waals surface area contributed by atoms with E-state index in [1.54, 1.807) is 41.3 Å². The summed E-state index contributed by atoms with van der Waals surface area (Å²) in [6.45, 7) is 0.278. The SMILES string of the molecule is NC(=O)c1ccc(-n2ncc3cc([C@@H](O)COC4CCC4)cnc32)cc1. The van der Waals surface area contributed by atoms with Crippen LogP contribution in [-0.4, -0.2) is 38.5 Å². The van der Waals surface area contributed by atoms with E-state index in [4.69, 9.17) is 10.5 Å². The third-order valence-electron chi connectivity index (χ3n) is 4.75. The minimum absolute atomic E-state index is 0.278. The van der Waals surface area contributed by atoms with Gasteiger partial charge in [-0.3, -0.25) is 4.79 Å². The van der Waals surface area contributed by atoms with Gasteiger partial charge < -0.3 is 15.6 Å². The van der Waals surface area contributed by atoms with Crippen molar-refractivity contribution in [2.45, 2.75) is 31.5 Å². The molecule has 4 rings (SSSR count). The zero-order valence-electron chi connectivity index (χ0n) is 14.2. The van der Waals surface area contributed by atoms with E-state index in [0.29, 0.717) is 16.8 Å². The summed E-state index contributed by atoms with van der Waals surface area (Å²) in [5.74, 6) is -0.470. The fraction of sp³-hybridized carbons (Fsp3) is 0.316. The standard InChI is InChI=1S/C19H20N4O3/c20-18(25)12-4-6-15(7-5-12)23-19-14(10-22-23)8-13(9-21-19)17(24)11-26-16-2-1-3-16/h4-10,16-17,24H,1-3,11H2,(H2,20,25)/t17-/m0/s1. The second-order valence-electron chi connectivity index (χ2n) is 6.55. The van der Waals surface area contributed by atoms with Crippen LogP contribution in [0.15, 0.2) is 42.7 Å². The molecule has 134 valence electrons. The number of aromatic nitrogens is 3. The zero-order chi connectivity index (χ0) is 18.1. The number of hydrogen-bond acceptors (Lipinski definition) is 5. The molecular weight excluding hydrogens is 332 g/mol. The van der Waals surface area contributed by atoms with E-state index in [0.717, 1.165) is 23.9 Å². The molecule has 3 aromatic rings. The zero-order valence-corrected chi connectivity index (χ0v) is 14.2. The molecule has 2 aromatic heterocycles. The van der Waals surface area contributed by atoms with Crippen molar-refractivity contribution in [3.8, 4) is 5.69 Å². The first-order valence-corrected chi connectivity index (χ1v) is 8.65. The van der Waals surface area contributed by atoms with E-state index in [1.807, 2.05) is 6.07 Å². The second-order valence-corrected chi connectivity index (χ2v) is 6.55. The van der Waals surface area contributed by atoms with Gasteiger partial charge in [-0.2, -0.15) is 5.10 Å². The molecule has 2 heterocycles. The number of primary amides is 1. The van der Waals surface area contributed by atoms with Crippen LogP contribution in [0.1, 0.15) is 41.3 Å². The summed E-state index contributed by atoms with van der Waals surface area (Å²) in [5.41, 5.74) is 7.87. The lowest BCUT2D eigenvalue weighted by molar-refractivity contribution is -0.0427. The Kier molecular flexibility index (Phi) is 4.40. The van der Waals surface area contributed by atoms with E-state index in [-0.39, 0.29) is 12.7 Å². The number of carbonyl (C=O) groups is 1. The summed E-state index contributed by atoms with van der Waals surface area (Å²) >= 11 is 0. The number of fused-ring (bicyclic) bond motifs is 1. The Hall–Kier alpha value is -2.77. The van der Waals surface area contributed by atoms with Crippen molar-refractivity contribution < 1.29 is 14.6 Å². The number of hydrogen-bond donors (Lipinski definition) is 2. The Morgan fingerprint density at radius 1 is 1.31 bits per heavy atom. The Morgan fingerprint density at radius 3 is 2.73 bits per heavy atom. The normalized spacial score (nSPS) is 15.7. The van der Waals surface area contributed by atoms with Crippen LogP contribution in [0.3, 0.4) is 0 Å². The van der Waals surface area contributed by atoms with Crippen LogP contribution in [0.25, 0.3) is 16.7 Å². The highest BCUT2D eigenvalue weighted by atomic mass is 16.5. The molecular formula is C19H20N4O3. The van der Waals surface area contributed by atoms with Crippen molar-refractivity contribution in [2.24, 2.45) is 5.73 Å². The molecule has 26 heavy (non-hydrogen) atoms. The number of nitrogens with zero attached hydrogens (tertiary/aromatic N) is 3. The van der Waals surface area contributed by atoms with E-state index in [1.165, 1.54) is 6.42 Å². The summed E-state index contributed by atoms with van der Waals surface area (Å²) in [7, 11) is 0. The molecule has 1 aliphatic carbocycles. The topological polar surface area (TPSA) is 103 Å². The molecule has 0 spiro atoms. The monoisotopic (exact) mass is 352 g/mol. The first kappa shape index (κ1) is 16.7. The van der Waals surface area contributed by atoms with Gasteiger partial charge in [0.05, 0.1) is 24.6 Å². The number of amides is 1. The first-order chi connectivity index (χ1) is 12.6. The molecule has 0 unspecified atom stereocenters.